The van der Waals surface area contributed by atoms with Crippen LogP contribution in [-0.4, -0.2) is 22.3 Å². The number of ether oxygens (including phenoxy) is 1. The molecule has 0 bridgehead atoms. The molecular weight excluding hydrogens is 456 g/mol. The molecule has 7 nitrogen and oxygen atoms in total. The number of rotatable bonds is 6. The second-order valence-corrected chi connectivity index (χ2v) is 8.69. The van der Waals surface area contributed by atoms with Crippen molar-refractivity contribution in [1.29, 1.82) is 0 Å². The van der Waals surface area contributed by atoms with Crippen molar-refractivity contribution in [3.63, 3.8) is 0 Å². The van der Waals surface area contributed by atoms with Gasteiger partial charge in [-0.15, -0.1) is 0 Å². The number of allylic oxidation sites excluding steroid dienone is 2. The van der Waals surface area contributed by atoms with Crippen LogP contribution in [0, 0.1) is 12.8 Å². The normalized spacial score (nSPS) is 16.4. The van der Waals surface area contributed by atoms with E-state index in [1.165, 1.54) is 0 Å². The van der Waals surface area contributed by atoms with Crippen molar-refractivity contribution in [2.45, 2.75) is 39.2 Å². The zero-order chi connectivity index (χ0) is 24.2. The quantitative estimate of drug-likeness (QED) is 0.398. The van der Waals surface area contributed by atoms with E-state index in [-0.39, 0.29) is 5.92 Å². The molecule has 1 heterocycles. The summed E-state index contributed by atoms with van der Waals surface area (Å²) in [6.45, 7) is 3.49. The van der Waals surface area contributed by atoms with E-state index < -0.39 is 18.2 Å². The predicted octanol–water partition coefficient (Wildman–Crippen LogP) is 6.88. The van der Waals surface area contributed by atoms with Crippen molar-refractivity contribution in [3.8, 4) is 11.3 Å². The summed E-state index contributed by atoms with van der Waals surface area (Å²) >= 11 is 6.20. The van der Waals surface area contributed by atoms with Crippen molar-refractivity contribution in [1.82, 2.24) is 5.16 Å². The third-order valence-electron chi connectivity index (χ3n) is 5.99. The van der Waals surface area contributed by atoms with Crippen LogP contribution in [0.5, 0.6) is 0 Å². The Morgan fingerprint density at radius 2 is 1.88 bits per heavy atom. The number of amides is 1. The molecule has 176 valence electrons. The molecule has 0 fully saturated rings. The number of carboxylic acids is 1. The maximum absolute atomic E-state index is 12.6. The number of hydrogen-bond acceptors (Lipinski definition) is 5. The third-order valence-corrected chi connectivity index (χ3v) is 6.34. The van der Waals surface area contributed by atoms with Gasteiger partial charge in [-0.25, -0.2) is 4.79 Å². The van der Waals surface area contributed by atoms with Crippen molar-refractivity contribution < 1.29 is 24.0 Å². The maximum atomic E-state index is 12.6. The largest absolute Gasteiger partial charge is 0.481 e. The van der Waals surface area contributed by atoms with Crippen LogP contribution in [-0.2, 0) is 9.53 Å². The fraction of sp³-hybridized carbons (Fsp3) is 0.269. The summed E-state index contributed by atoms with van der Waals surface area (Å²) in [7, 11) is 0. The number of carbonyl (C=O) groups is 2. The highest BCUT2D eigenvalue weighted by atomic mass is 35.5. The first-order chi connectivity index (χ1) is 16.3. The lowest BCUT2D eigenvalue weighted by Gasteiger charge is -2.19. The van der Waals surface area contributed by atoms with E-state index in [4.69, 9.17) is 20.9 Å². The third kappa shape index (κ3) is 5.15. The van der Waals surface area contributed by atoms with E-state index in [2.05, 4.69) is 10.5 Å². The van der Waals surface area contributed by atoms with E-state index >= 15 is 0 Å². The number of aryl methyl sites for hydroxylation is 1. The number of halogens is 1. The Kier molecular flexibility index (Phi) is 7.03. The van der Waals surface area contributed by atoms with Gasteiger partial charge in [-0.2, -0.15) is 0 Å². The van der Waals surface area contributed by atoms with Gasteiger partial charge in [-0.3, -0.25) is 10.1 Å². The molecule has 2 unspecified atom stereocenters. The Balaban J connectivity index is 1.47. The number of anilines is 1. The fourth-order valence-electron chi connectivity index (χ4n) is 4.03. The van der Waals surface area contributed by atoms with Crippen LogP contribution in [0.3, 0.4) is 0 Å². The zero-order valence-corrected chi connectivity index (χ0v) is 19.6. The summed E-state index contributed by atoms with van der Waals surface area (Å²) in [5, 5.41) is 16.4. The number of carboxylic acid groups (broad SMARTS) is 1. The van der Waals surface area contributed by atoms with Gasteiger partial charge in [0, 0.05) is 16.1 Å². The molecular formula is C26H25ClN2O5. The van der Waals surface area contributed by atoms with Crippen LogP contribution < -0.4 is 5.32 Å². The minimum absolute atomic E-state index is 0.311. The molecule has 1 aromatic heterocycles. The lowest BCUT2D eigenvalue weighted by atomic mass is 9.86. The van der Waals surface area contributed by atoms with Crippen LogP contribution in [0.2, 0.25) is 5.02 Å². The Hall–Kier alpha value is -3.58. The molecule has 0 saturated carbocycles. The minimum atomic E-state index is -0.744. The van der Waals surface area contributed by atoms with Crippen LogP contribution in [0.4, 0.5) is 10.5 Å². The van der Waals surface area contributed by atoms with Gasteiger partial charge < -0.3 is 14.4 Å². The molecule has 1 aliphatic rings. The van der Waals surface area contributed by atoms with Crippen molar-refractivity contribution in [2.24, 2.45) is 5.92 Å². The first kappa shape index (κ1) is 23.6. The van der Waals surface area contributed by atoms with Gasteiger partial charge in [-0.05, 0) is 50.3 Å². The van der Waals surface area contributed by atoms with Crippen LogP contribution in [0.25, 0.3) is 16.9 Å². The SMILES string of the molecule is Cc1noc(-c2ccc(C3=CCC(C(=O)O)CC3)cc2)c1NC(=O)OC(C)c1ccccc1Cl. The molecule has 1 amide bonds. The Morgan fingerprint density at radius 3 is 2.53 bits per heavy atom. The molecule has 8 heteroatoms. The van der Waals surface area contributed by atoms with Crippen molar-refractivity contribution in [2.75, 3.05) is 5.32 Å². The van der Waals surface area contributed by atoms with Crippen LogP contribution >= 0.6 is 11.6 Å². The first-order valence-corrected chi connectivity index (χ1v) is 11.4. The van der Waals surface area contributed by atoms with E-state index in [1.54, 1.807) is 19.9 Å². The highest BCUT2D eigenvalue weighted by molar-refractivity contribution is 6.31. The molecule has 3 aromatic rings. The maximum Gasteiger partial charge on any atom is 0.412 e. The summed E-state index contributed by atoms with van der Waals surface area (Å²) in [6.07, 6.45) is 2.71. The van der Waals surface area contributed by atoms with E-state index in [1.807, 2.05) is 48.5 Å². The van der Waals surface area contributed by atoms with E-state index in [0.717, 1.165) is 23.1 Å². The Bertz CT molecular complexity index is 1230. The first-order valence-electron chi connectivity index (χ1n) is 11.0. The highest BCUT2D eigenvalue weighted by Gasteiger charge is 2.23. The van der Waals surface area contributed by atoms with Crippen molar-refractivity contribution in [3.05, 3.63) is 76.5 Å². The summed E-state index contributed by atoms with van der Waals surface area (Å²) < 4.78 is 11.0. The lowest BCUT2D eigenvalue weighted by molar-refractivity contribution is -0.141. The van der Waals surface area contributed by atoms with E-state index in [0.29, 0.717) is 40.6 Å². The predicted molar refractivity (Wildman–Crippen MR) is 130 cm³/mol. The Morgan fingerprint density at radius 1 is 1.18 bits per heavy atom. The second-order valence-electron chi connectivity index (χ2n) is 8.28. The molecule has 0 spiro atoms. The standard InChI is InChI=1S/C26H25ClN2O5/c1-15-23(28-26(32)33-16(2)21-5-3-4-6-22(21)27)24(34-29-15)19-11-7-17(8-12-19)18-9-13-20(14-10-18)25(30)31/h3-9,11-12,16,20H,10,13-14H2,1-2H3,(H,28,32)(H,30,31). The van der Waals surface area contributed by atoms with Gasteiger partial charge in [0.1, 0.15) is 17.5 Å². The lowest BCUT2D eigenvalue weighted by Crippen LogP contribution is -2.17. The van der Waals surface area contributed by atoms with E-state index in [9.17, 15) is 14.7 Å². The molecule has 4 rings (SSSR count). The monoisotopic (exact) mass is 480 g/mol. The smallest absolute Gasteiger partial charge is 0.412 e. The van der Waals surface area contributed by atoms with Gasteiger partial charge in [0.05, 0.1) is 5.92 Å². The molecule has 2 atom stereocenters. The van der Waals surface area contributed by atoms with Gasteiger partial charge in [-0.1, -0.05) is 65.3 Å². The number of aliphatic carboxylic acids is 1. The summed E-state index contributed by atoms with van der Waals surface area (Å²) in [5.74, 6) is -0.629. The molecule has 34 heavy (non-hydrogen) atoms. The molecule has 2 aromatic carbocycles. The summed E-state index contributed by atoms with van der Waals surface area (Å²) in [4.78, 5) is 23.7. The molecule has 2 N–H and O–H groups in total. The topological polar surface area (TPSA) is 102 Å². The van der Waals surface area contributed by atoms with Gasteiger partial charge in [0.2, 0.25) is 0 Å². The minimum Gasteiger partial charge on any atom is -0.481 e. The fourth-order valence-corrected chi connectivity index (χ4v) is 4.32. The number of benzene rings is 2. The van der Waals surface area contributed by atoms with Crippen molar-refractivity contribution >= 4 is 34.9 Å². The molecule has 0 radical (unpaired) electrons. The van der Waals surface area contributed by atoms with Gasteiger partial charge >= 0.3 is 12.1 Å². The molecule has 0 aliphatic heterocycles. The number of nitrogens with one attached hydrogen (secondary N) is 1. The highest BCUT2D eigenvalue weighted by Crippen LogP contribution is 2.35. The van der Waals surface area contributed by atoms with Crippen LogP contribution in [0.1, 0.15) is 49.1 Å². The number of aromatic nitrogens is 1. The summed E-state index contributed by atoms with van der Waals surface area (Å²) in [5.41, 5.74) is 4.59. The zero-order valence-electron chi connectivity index (χ0n) is 18.9. The average molecular weight is 481 g/mol. The number of nitrogens with zero attached hydrogens (tertiary/aromatic N) is 1. The van der Waals surface area contributed by atoms with Crippen LogP contribution in [0.15, 0.2) is 59.1 Å². The average Bonchev–Trinajstić information content (AvgIpc) is 3.19. The summed E-state index contributed by atoms with van der Waals surface area (Å²) in [6, 6.07) is 14.9. The van der Waals surface area contributed by atoms with Gasteiger partial charge in [0.25, 0.3) is 0 Å². The number of hydrogen-bond donors (Lipinski definition) is 2. The number of carbonyl (C=O) groups excluding carboxylic acids is 1. The molecule has 1 aliphatic carbocycles. The molecule has 0 saturated heterocycles. The Labute approximate surface area is 202 Å². The van der Waals surface area contributed by atoms with Gasteiger partial charge in [0.15, 0.2) is 5.76 Å². The second kappa shape index (κ2) is 10.1.